The Hall–Kier alpha value is -0.150. The van der Waals surface area contributed by atoms with Crippen LogP contribution in [0, 0.1) is 5.82 Å². The monoisotopic (exact) mass is 396 g/mol. The van der Waals surface area contributed by atoms with E-state index in [1.807, 2.05) is 6.92 Å². The number of hydrogen-bond acceptors (Lipinski definition) is 4. The molecule has 1 saturated heterocycles. The van der Waals surface area contributed by atoms with Crippen molar-refractivity contribution in [3.05, 3.63) is 28.0 Å². The molecule has 0 spiro atoms. The second kappa shape index (κ2) is 6.95. The van der Waals surface area contributed by atoms with Gasteiger partial charge in [0, 0.05) is 40.7 Å². The fourth-order valence-corrected chi connectivity index (χ4v) is 5.97. The van der Waals surface area contributed by atoms with Crippen LogP contribution in [0.5, 0.6) is 0 Å². The molecule has 0 aromatic heterocycles. The molecule has 21 heavy (non-hydrogen) atoms. The van der Waals surface area contributed by atoms with E-state index in [2.05, 4.69) is 21.2 Å². The molecule has 8 heteroatoms. The van der Waals surface area contributed by atoms with Crippen molar-refractivity contribution in [2.75, 3.05) is 25.1 Å². The molecular weight excluding hydrogens is 379 g/mol. The number of halogens is 2. The highest BCUT2D eigenvalue weighted by Gasteiger charge is 2.34. The maximum Gasteiger partial charge on any atom is 0.246 e. The molecule has 0 saturated carbocycles. The van der Waals surface area contributed by atoms with Gasteiger partial charge in [0.2, 0.25) is 10.0 Å². The van der Waals surface area contributed by atoms with E-state index in [1.165, 1.54) is 10.4 Å². The van der Waals surface area contributed by atoms with Crippen LogP contribution in [0.25, 0.3) is 0 Å². The lowest BCUT2D eigenvalue weighted by molar-refractivity contribution is 0.365. The number of nitrogens with zero attached hydrogens (tertiary/aromatic N) is 1. The fraction of sp³-hybridized carbons (Fsp3) is 0.538. The van der Waals surface area contributed by atoms with Crippen LogP contribution in [-0.4, -0.2) is 43.9 Å². The lowest BCUT2D eigenvalue weighted by Gasteiger charge is -2.32. The molecular formula is C13H18BrFN2O2S2. The summed E-state index contributed by atoms with van der Waals surface area (Å²) in [5.74, 6) is 0.804. The Bertz CT molecular complexity index is 625. The minimum Gasteiger partial charge on any atom is -0.316 e. The van der Waals surface area contributed by atoms with Crippen molar-refractivity contribution in [2.24, 2.45) is 0 Å². The van der Waals surface area contributed by atoms with E-state index in [-0.39, 0.29) is 17.5 Å². The predicted octanol–water partition coefficient (Wildman–Crippen LogP) is 2.43. The van der Waals surface area contributed by atoms with E-state index in [9.17, 15) is 12.8 Å². The number of hydrogen-bond donors (Lipinski definition) is 1. The highest BCUT2D eigenvalue weighted by molar-refractivity contribution is 9.10. The zero-order chi connectivity index (χ0) is 15.6. The van der Waals surface area contributed by atoms with E-state index in [4.69, 9.17) is 0 Å². The van der Waals surface area contributed by atoms with Gasteiger partial charge >= 0.3 is 0 Å². The van der Waals surface area contributed by atoms with E-state index in [0.717, 1.165) is 11.5 Å². The Morgan fingerprint density at radius 1 is 1.52 bits per heavy atom. The van der Waals surface area contributed by atoms with Gasteiger partial charge in [0.25, 0.3) is 0 Å². The molecule has 1 atom stereocenters. The SMILES string of the molecule is CNCc1cc(Br)cc(S(=O)(=O)N2CCSCC2C)c1F. The van der Waals surface area contributed by atoms with Crippen molar-refractivity contribution in [1.29, 1.82) is 0 Å². The summed E-state index contributed by atoms with van der Waals surface area (Å²) in [4.78, 5) is -0.249. The summed E-state index contributed by atoms with van der Waals surface area (Å²) in [6.45, 7) is 2.55. The number of thioether (sulfide) groups is 1. The number of sulfonamides is 1. The Kier molecular flexibility index (Phi) is 5.70. The average molecular weight is 397 g/mol. The first-order chi connectivity index (χ1) is 9.87. The average Bonchev–Trinajstić information content (AvgIpc) is 2.43. The Morgan fingerprint density at radius 3 is 2.86 bits per heavy atom. The van der Waals surface area contributed by atoms with Crippen molar-refractivity contribution >= 4 is 37.7 Å². The van der Waals surface area contributed by atoms with Crippen LogP contribution in [0.15, 0.2) is 21.5 Å². The van der Waals surface area contributed by atoms with Gasteiger partial charge in [-0.05, 0) is 26.1 Å². The van der Waals surface area contributed by atoms with Gasteiger partial charge in [-0.1, -0.05) is 15.9 Å². The number of rotatable bonds is 4. The van der Waals surface area contributed by atoms with Gasteiger partial charge in [-0.25, -0.2) is 12.8 Å². The molecule has 1 aliphatic rings. The van der Waals surface area contributed by atoms with E-state index < -0.39 is 15.8 Å². The molecule has 4 nitrogen and oxygen atoms in total. The van der Waals surface area contributed by atoms with Crippen LogP contribution in [-0.2, 0) is 16.6 Å². The van der Waals surface area contributed by atoms with Crippen molar-refractivity contribution < 1.29 is 12.8 Å². The van der Waals surface area contributed by atoms with Gasteiger partial charge in [0.15, 0.2) is 0 Å². The highest BCUT2D eigenvalue weighted by atomic mass is 79.9. The molecule has 2 rings (SSSR count). The third-order valence-corrected chi connectivity index (χ3v) is 7.00. The van der Waals surface area contributed by atoms with Crippen LogP contribution in [0.3, 0.4) is 0 Å². The van der Waals surface area contributed by atoms with Crippen LogP contribution in [0.1, 0.15) is 12.5 Å². The molecule has 0 amide bonds. The largest absolute Gasteiger partial charge is 0.316 e. The van der Waals surface area contributed by atoms with Crippen molar-refractivity contribution in [2.45, 2.75) is 24.4 Å². The normalized spacial score (nSPS) is 20.7. The standard InChI is InChI=1S/C13H18BrFN2O2S2/c1-9-8-20-4-3-17(9)21(18,19)12-6-11(14)5-10(7-16-2)13(12)15/h5-6,9,16H,3-4,7-8H2,1-2H3. The summed E-state index contributed by atoms with van der Waals surface area (Å²) in [6, 6.07) is 2.82. The van der Waals surface area contributed by atoms with Gasteiger partial charge in [-0.2, -0.15) is 16.1 Å². The Balaban J connectivity index is 2.49. The van der Waals surface area contributed by atoms with Crippen molar-refractivity contribution in [1.82, 2.24) is 9.62 Å². The zero-order valence-electron chi connectivity index (χ0n) is 11.9. The van der Waals surface area contributed by atoms with Gasteiger partial charge in [0.05, 0.1) is 0 Å². The van der Waals surface area contributed by atoms with E-state index >= 15 is 0 Å². The molecule has 0 radical (unpaired) electrons. The fourth-order valence-electron chi connectivity index (χ4n) is 2.32. The van der Waals surface area contributed by atoms with E-state index in [0.29, 0.717) is 16.6 Å². The Labute approximate surface area is 137 Å². The lowest BCUT2D eigenvalue weighted by atomic mass is 10.2. The molecule has 1 aliphatic heterocycles. The van der Waals surface area contributed by atoms with E-state index in [1.54, 1.807) is 24.9 Å². The third-order valence-electron chi connectivity index (χ3n) is 3.34. The summed E-state index contributed by atoms with van der Waals surface area (Å²) in [5, 5.41) is 2.85. The van der Waals surface area contributed by atoms with Gasteiger partial charge in [-0.15, -0.1) is 0 Å². The second-order valence-corrected chi connectivity index (χ2v) is 8.87. The lowest BCUT2D eigenvalue weighted by Crippen LogP contribution is -2.44. The molecule has 0 bridgehead atoms. The molecule has 1 aromatic rings. The van der Waals surface area contributed by atoms with Gasteiger partial charge in [-0.3, -0.25) is 0 Å². The molecule has 118 valence electrons. The zero-order valence-corrected chi connectivity index (χ0v) is 15.1. The van der Waals surface area contributed by atoms with Crippen LogP contribution in [0.2, 0.25) is 0 Å². The van der Waals surface area contributed by atoms with Gasteiger partial charge < -0.3 is 5.32 Å². The molecule has 1 aromatic carbocycles. The summed E-state index contributed by atoms with van der Waals surface area (Å²) in [7, 11) is -2.13. The first-order valence-electron chi connectivity index (χ1n) is 6.60. The summed E-state index contributed by atoms with van der Waals surface area (Å²) in [6.07, 6.45) is 0. The molecule has 1 N–H and O–H groups in total. The third kappa shape index (κ3) is 3.61. The predicted molar refractivity (Wildman–Crippen MR) is 87.5 cm³/mol. The number of nitrogens with one attached hydrogen (secondary N) is 1. The smallest absolute Gasteiger partial charge is 0.246 e. The van der Waals surface area contributed by atoms with Gasteiger partial charge in [0.1, 0.15) is 10.7 Å². The molecule has 0 aliphatic carbocycles. The molecule has 1 fully saturated rings. The summed E-state index contributed by atoms with van der Waals surface area (Å²) >= 11 is 4.98. The first-order valence-corrected chi connectivity index (χ1v) is 9.98. The maximum absolute atomic E-state index is 14.5. The second-order valence-electron chi connectivity index (χ2n) is 4.95. The van der Waals surface area contributed by atoms with Crippen LogP contribution >= 0.6 is 27.7 Å². The minimum absolute atomic E-state index is 0.125. The quantitative estimate of drug-likeness (QED) is 0.848. The summed E-state index contributed by atoms with van der Waals surface area (Å²) in [5.41, 5.74) is 0.337. The van der Waals surface area contributed by atoms with Crippen LogP contribution in [0.4, 0.5) is 4.39 Å². The maximum atomic E-state index is 14.5. The van der Waals surface area contributed by atoms with Crippen LogP contribution < -0.4 is 5.32 Å². The highest BCUT2D eigenvalue weighted by Crippen LogP contribution is 2.29. The van der Waals surface area contributed by atoms with Crippen molar-refractivity contribution in [3.8, 4) is 0 Å². The molecule has 1 heterocycles. The topological polar surface area (TPSA) is 49.4 Å². The van der Waals surface area contributed by atoms with Crippen molar-refractivity contribution in [3.63, 3.8) is 0 Å². The Morgan fingerprint density at radius 2 is 2.24 bits per heavy atom. The first kappa shape index (κ1) is 17.2. The molecule has 1 unspecified atom stereocenters. The minimum atomic E-state index is -3.82. The number of benzene rings is 1. The summed E-state index contributed by atoms with van der Waals surface area (Å²) < 4.78 is 42.0.